The van der Waals surface area contributed by atoms with Gasteiger partial charge in [0.15, 0.2) is 0 Å². The van der Waals surface area contributed by atoms with Crippen molar-refractivity contribution in [1.29, 1.82) is 0 Å². The van der Waals surface area contributed by atoms with Gasteiger partial charge in [-0.2, -0.15) is 13.2 Å². The van der Waals surface area contributed by atoms with E-state index in [1.165, 1.54) is 0 Å². The first-order chi connectivity index (χ1) is 9.66. The van der Waals surface area contributed by atoms with Crippen molar-refractivity contribution in [1.82, 2.24) is 0 Å². The van der Waals surface area contributed by atoms with E-state index in [4.69, 9.17) is 11.6 Å². The van der Waals surface area contributed by atoms with Crippen LogP contribution in [0.4, 0.5) is 18.9 Å². The van der Waals surface area contributed by atoms with E-state index in [-0.39, 0.29) is 12.2 Å². The number of carbonyl (C=O) groups excluding carboxylic acids is 1. The number of esters is 1. The van der Waals surface area contributed by atoms with Crippen LogP contribution in [0.3, 0.4) is 0 Å². The van der Waals surface area contributed by atoms with Crippen LogP contribution in [0.5, 0.6) is 0 Å². The molecule has 0 fully saturated rings. The summed E-state index contributed by atoms with van der Waals surface area (Å²) >= 11 is 5.47. The molecule has 0 aromatic heterocycles. The number of benzene rings is 1. The molecule has 114 valence electrons. The van der Waals surface area contributed by atoms with Crippen molar-refractivity contribution < 1.29 is 27.6 Å². The molecule has 1 aromatic rings. The Balaban J connectivity index is 3.30. The van der Waals surface area contributed by atoms with Gasteiger partial charge in [-0.3, -0.25) is 10.1 Å². The minimum Gasteiger partial charge on any atom is -0.463 e. The highest BCUT2D eigenvalue weighted by molar-refractivity contribution is 6.31. The molecule has 0 aliphatic heterocycles. The smallest absolute Gasteiger partial charge is 0.418 e. The van der Waals surface area contributed by atoms with Crippen LogP contribution in [0.15, 0.2) is 18.2 Å². The first-order valence-corrected chi connectivity index (χ1v) is 5.94. The molecular formula is C12H9ClF3NO4. The second-order valence-electron chi connectivity index (χ2n) is 3.73. The molecule has 0 N–H and O–H groups in total. The van der Waals surface area contributed by atoms with Crippen LogP contribution in [0.1, 0.15) is 18.1 Å². The van der Waals surface area contributed by atoms with Gasteiger partial charge in [0.1, 0.15) is 0 Å². The molecule has 0 amide bonds. The minimum atomic E-state index is -4.81. The lowest BCUT2D eigenvalue weighted by Gasteiger charge is -2.09. The predicted octanol–water partition coefficient (Wildman–Crippen LogP) is 3.84. The molecule has 0 aliphatic rings. The lowest BCUT2D eigenvalue weighted by molar-refractivity contribution is -0.385. The number of halogens is 4. The predicted molar refractivity (Wildman–Crippen MR) is 68.8 cm³/mol. The fourth-order valence-corrected chi connectivity index (χ4v) is 1.71. The van der Waals surface area contributed by atoms with Crippen molar-refractivity contribution in [2.45, 2.75) is 13.1 Å². The zero-order valence-electron chi connectivity index (χ0n) is 10.6. The SMILES string of the molecule is CCOC(=O)C=Cc1cc(Cl)c(C(F)(F)F)cc1[N+](=O)[O-]. The third-order valence-corrected chi connectivity index (χ3v) is 2.62. The maximum absolute atomic E-state index is 12.6. The summed E-state index contributed by atoms with van der Waals surface area (Å²) < 4.78 is 42.5. The van der Waals surface area contributed by atoms with Crippen molar-refractivity contribution in [2.75, 3.05) is 6.61 Å². The summed E-state index contributed by atoms with van der Waals surface area (Å²) in [5.41, 5.74) is -2.36. The Kier molecular flexibility index (Phi) is 5.31. The number of rotatable bonds is 4. The molecule has 0 saturated heterocycles. The monoisotopic (exact) mass is 323 g/mol. The maximum atomic E-state index is 12.6. The summed E-state index contributed by atoms with van der Waals surface area (Å²) in [4.78, 5) is 21.0. The number of nitrogens with zero attached hydrogens (tertiary/aromatic N) is 1. The number of nitro groups is 1. The van der Waals surface area contributed by atoms with E-state index in [0.29, 0.717) is 6.07 Å². The Morgan fingerprint density at radius 2 is 2.10 bits per heavy atom. The molecule has 21 heavy (non-hydrogen) atoms. The Labute approximate surface area is 122 Å². The van der Waals surface area contributed by atoms with E-state index in [9.17, 15) is 28.1 Å². The molecular weight excluding hydrogens is 315 g/mol. The van der Waals surface area contributed by atoms with Crippen LogP contribution in [0.25, 0.3) is 6.08 Å². The number of alkyl halides is 3. The van der Waals surface area contributed by atoms with Crippen LogP contribution >= 0.6 is 11.6 Å². The molecule has 0 unspecified atom stereocenters. The normalized spacial score (nSPS) is 11.7. The van der Waals surface area contributed by atoms with E-state index in [1.807, 2.05) is 0 Å². The van der Waals surface area contributed by atoms with E-state index < -0.39 is 33.3 Å². The molecule has 0 spiro atoms. The summed E-state index contributed by atoms with van der Waals surface area (Å²) in [6.07, 6.45) is -2.97. The van der Waals surface area contributed by atoms with Crippen LogP contribution in [0, 0.1) is 10.1 Å². The number of ether oxygens (including phenoxy) is 1. The standard InChI is InChI=1S/C12H9ClF3NO4/c1-2-21-11(18)4-3-7-5-9(13)8(12(14,15)16)6-10(7)17(19)20/h3-6H,2H2,1H3. The van der Waals surface area contributed by atoms with Crippen LogP contribution < -0.4 is 0 Å². The van der Waals surface area contributed by atoms with Crippen molar-refractivity contribution in [3.63, 3.8) is 0 Å². The van der Waals surface area contributed by atoms with Crippen LogP contribution in [-0.4, -0.2) is 17.5 Å². The maximum Gasteiger partial charge on any atom is 0.418 e. The number of hydrogen-bond donors (Lipinski definition) is 0. The second-order valence-corrected chi connectivity index (χ2v) is 4.14. The van der Waals surface area contributed by atoms with Gasteiger partial charge in [0.25, 0.3) is 5.69 Å². The van der Waals surface area contributed by atoms with Gasteiger partial charge in [0.2, 0.25) is 0 Å². The Hall–Kier alpha value is -2.09. The van der Waals surface area contributed by atoms with Gasteiger partial charge in [-0.05, 0) is 19.1 Å². The Morgan fingerprint density at radius 3 is 2.57 bits per heavy atom. The molecule has 5 nitrogen and oxygen atoms in total. The van der Waals surface area contributed by atoms with Crippen molar-refractivity contribution in [3.8, 4) is 0 Å². The fourth-order valence-electron chi connectivity index (χ4n) is 1.43. The van der Waals surface area contributed by atoms with Gasteiger partial charge in [0, 0.05) is 12.1 Å². The number of carbonyl (C=O) groups is 1. The van der Waals surface area contributed by atoms with Crippen molar-refractivity contribution >= 4 is 29.3 Å². The van der Waals surface area contributed by atoms with Gasteiger partial charge >= 0.3 is 12.1 Å². The summed E-state index contributed by atoms with van der Waals surface area (Å²) in [6, 6.07) is 1.10. The highest BCUT2D eigenvalue weighted by Crippen LogP contribution is 2.38. The highest BCUT2D eigenvalue weighted by Gasteiger charge is 2.35. The average molecular weight is 324 g/mol. The van der Waals surface area contributed by atoms with E-state index in [2.05, 4.69) is 4.74 Å². The third-order valence-electron chi connectivity index (χ3n) is 2.30. The van der Waals surface area contributed by atoms with E-state index >= 15 is 0 Å². The molecule has 0 aliphatic carbocycles. The van der Waals surface area contributed by atoms with Gasteiger partial charge < -0.3 is 4.74 Å². The first-order valence-electron chi connectivity index (χ1n) is 5.56. The summed E-state index contributed by atoms with van der Waals surface area (Å²) in [5.74, 6) is -0.775. The Morgan fingerprint density at radius 1 is 1.48 bits per heavy atom. The number of hydrogen-bond acceptors (Lipinski definition) is 4. The second kappa shape index (κ2) is 6.57. The molecule has 0 radical (unpaired) electrons. The van der Waals surface area contributed by atoms with Gasteiger partial charge in [-0.15, -0.1) is 0 Å². The molecule has 1 rings (SSSR count). The van der Waals surface area contributed by atoms with Crippen molar-refractivity contribution in [3.05, 3.63) is 44.5 Å². The first kappa shape index (κ1) is 17.0. The number of nitro benzene ring substituents is 1. The van der Waals surface area contributed by atoms with Crippen LogP contribution in [0.2, 0.25) is 5.02 Å². The summed E-state index contributed by atoms with van der Waals surface area (Å²) in [6.45, 7) is 1.65. The molecule has 0 heterocycles. The highest BCUT2D eigenvalue weighted by atomic mass is 35.5. The Bertz CT molecular complexity index is 599. The molecule has 9 heteroatoms. The molecule has 1 aromatic carbocycles. The van der Waals surface area contributed by atoms with E-state index in [0.717, 1.165) is 18.2 Å². The van der Waals surface area contributed by atoms with E-state index in [1.54, 1.807) is 6.92 Å². The molecule has 0 atom stereocenters. The molecule has 0 bridgehead atoms. The van der Waals surface area contributed by atoms with Gasteiger partial charge in [-0.25, -0.2) is 4.79 Å². The zero-order chi connectivity index (χ0) is 16.2. The quantitative estimate of drug-likeness (QED) is 0.365. The average Bonchev–Trinajstić information content (AvgIpc) is 2.34. The molecule has 0 saturated carbocycles. The zero-order valence-corrected chi connectivity index (χ0v) is 11.4. The largest absolute Gasteiger partial charge is 0.463 e. The van der Waals surface area contributed by atoms with Gasteiger partial charge in [-0.1, -0.05) is 11.6 Å². The minimum absolute atomic E-state index is 0.0963. The summed E-state index contributed by atoms with van der Waals surface area (Å²) in [7, 11) is 0. The lowest BCUT2D eigenvalue weighted by Crippen LogP contribution is -2.07. The topological polar surface area (TPSA) is 69.4 Å². The third kappa shape index (κ3) is 4.45. The summed E-state index contributed by atoms with van der Waals surface area (Å²) in [5, 5.41) is 10.1. The lowest BCUT2D eigenvalue weighted by atomic mass is 10.1. The van der Waals surface area contributed by atoms with Crippen LogP contribution in [-0.2, 0) is 15.7 Å². The fraction of sp³-hybridized carbons (Fsp3) is 0.250. The van der Waals surface area contributed by atoms with Gasteiger partial charge in [0.05, 0.1) is 27.7 Å². The van der Waals surface area contributed by atoms with Crippen molar-refractivity contribution in [2.24, 2.45) is 0 Å².